The first-order valence-corrected chi connectivity index (χ1v) is 6.72. The molecule has 1 aromatic carbocycles. The molecule has 3 aliphatic rings. The zero-order valence-electron chi connectivity index (χ0n) is 10.7. The number of amides is 1. The largest absolute Gasteiger partial charge is 0.398 e. The Balaban J connectivity index is 1.71. The van der Waals surface area contributed by atoms with Crippen LogP contribution in [0.3, 0.4) is 0 Å². The Labute approximate surface area is 111 Å². The number of carbonyl (C=O) groups excluding carboxylic acids is 1. The maximum Gasteiger partial charge on any atom is 0.253 e. The van der Waals surface area contributed by atoms with Crippen LogP contribution < -0.4 is 11.1 Å². The molecule has 19 heavy (non-hydrogen) atoms. The van der Waals surface area contributed by atoms with Crippen molar-refractivity contribution in [3.05, 3.63) is 29.6 Å². The lowest BCUT2D eigenvalue weighted by Crippen LogP contribution is -2.57. The summed E-state index contributed by atoms with van der Waals surface area (Å²) in [5, 5.41) is 3.04. The summed E-state index contributed by atoms with van der Waals surface area (Å²) in [5.74, 6) is -0.0521. The molecular weight excluding hydrogens is 245 g/mol. The summed E-state index contributed by atoms with van der Waals surface area (Å²) in [5.41, 5.74) is 6.24. The number of nitrogens with zero attached hydrogens (tertiary/aromatic N) is 1. The standard InChI is InChI=1S/C14H18FN3O/c15-10-1-2-11(12(16)7-10)14(19)17-13-8-18-5-3-9(13)4-6-18/h1-2,7,9,13H,3-6,8,16H2,(H,17,19). The first kappa shape index (κ1) is 12.4. The number of piperidine rings is 3. The third kappa shape index (κ3) is 2.42. The molecule has 102 valence electrons. The van der Waals surface area contributed by atoms with E-state index in [1.165, 1.54) is 18.2 Å². The highest BCUT2D eigenvalue weighted by molar-refractivity contribution is 5.99. The van der Waals surface area contributed by atoms with Gasteiger partial charge in [0.2, 0.25) is 0 Å². The van der Waals surface area contributed by atoms with Crippen molar-refractivity contribution in [2.75, 3.05) is 25.4 Å². The number of nitrogens with two attached hydrogens (primary N) is 1. The smallest absolute Gasteiger partial charge is 0.253 e. The monoisotopic (exact) mass is 263 g/mol. The Kier molecular flexibility index (Phi) is 3.14. The molecule has 0 radical (unpaired) electrons. The van der Waals surface area contributed by atoms with Crippen LogP contribution in [0, 0.1) is 11.7 Å². The first-order valence-electron chi connectivity index (χ1n) is 6.72. The Hall–Kier alpha value is -1.62. The van der Waals surface area contributed by atoms with Crippen molar-refractivity contribution >= 4 is 11.6 Å². The van der Waals surface area contributed by atoms with Crippen LogP contribution >= 0.6 is 0 Å². The summed E-state index contributed by atoms with van der Waals surface area (Å²) in [7, 11) is 0. The van der Waals surface area contributed by atoms with E-state index in [4.69, 9.17) is 5.73 Å². The van der Waals surface area contributed by atoms with Crippen LogP contribution in [0.1, 0.15) is 23.2 Å². The van der Waals surface area contributed by atoms with Crippen LogP contribution in [0.5, 0.6) is 0 Å². The highest BCUT2D eigenvalue weighted by Gasteiger charge is 2.35. The Morgan fingerprint density at radius 3 is 2.68 bits per heavy atom. The first-order chi connectivity index (χ1) is 9.13. The van der Waals surface area contributed by atoms with Gasteiger partial charge in [0.25, 0.3) is 5.91 Å². The normalized spacial score (nSPS) is 29.2. The van der Waals surface area contributed by atoms with Crippen molar-refractivity contribution in [3.63, 3.8) is 0 Å². The third-order valence-corrected chi connectivity index (χ3v) is 4.23. The lowest BCUT2D eigenvalue weighted by Gasteiger charge is -2.44. The maximum absolute atomic E-state index is 13.0. The van der Waals surface area contributed by atoms with Gasteiger partial charge in [0, 0.05) is 18.3 Å². The second-order valence-electron chi connectivity index (χ2n) is 5.45. The van der Waals surface area contributed by atoms with Gasteiger partial charge in [-0.25, -0.2) is 4.39 Å². The summed E-state index contributed by atoms with van der Waals surface area (Å²) in [6.45, 7) is 3.18. The van der Waals surface area contributed by atoms with Crippen LogP contribution in [0.4, 0.5) is 10.1 Å². The fourth-order valence-electron chi connectivity index (χ4n) is 3.12. The fraction of sp³-hybridized carbons (Fsp3) is 0.500. The average molecular weight is 263 g/mol. The molecule has 3 aliphatic heterocycles. The van der Waals surface area contributed by atoms with E-state index in [0.29, 0.717) is 11.5 Å². The number of nitrogens with one attached hydrogen (secondary N) is 1. The molecule has 3 N–H and O–H groups in total. The van der Waals surface area contributed by atoms with E-state index >= 15 is 0 Å². The van der Waals surface area contributed by atoms with Crippen molar-refractivity contribution in [3.8, 4) is 0 Å². The maximum atomic E-state index is 13.0. The minimum absolute atomic E-state index is 0.193. The van der Waals surface area contributed by atoms with Gasteiger partial charge in [0.05, 0.1) is 5.56 Å². The third-order valence-electron chi connectivity index (χ3n) is 4.23. The predicted molar refractivity (Wildman–Crippen MR) is 71.2 cm³/mol. The summed E-state index contributed by atoms with van der Waals surface area (Å²) in [4.78, 5) is 14.6. The zero-order chi connectivity index (χ0) is 13.4. The molecule has 0 saturated carbocycles. The van der Waals surface area contributed by atoms with Crippen LogP contribution in [0.15, 0.2) is 18.2 Å². The minimum atomic E-state index is -0.420. The van der Waals surface area contributed by atoms with E-state index in [-0.39, 0.29) is 17.6 Å². The molecule has 0 spiro atoms. The van der Waals surface area contributed by atoms with E-state index in [0.717, 1.165) is 32.5 Å². The zero-order valence-corrected chi connectivity index (χ0v) is 10.7. The van der Waals surface area contributed by atoms with Crippen molar-refractivity contribution in [2.45, 2.75) is 18.9 Å². The van der Waals surface area contributed by atoms with Gasteiger partial charge in [0.1, 0.15) is 5.82 Å². The summed E-state index contributed by atoms with van der Waals surface area (Å²) < 4.78 is 13.0. The van der Waals surface area contributed by atoms with Crippen LogP contribution in [0.25, 0.3) is 0 Å². The number of benzene rings is 1. The molecule has 1 aromatic rings. The molecule has 1 atom stereocenters. The molecule has 1 unspecified atom stereocenters. The number of rotatable bonds is 2. The molecular formula is C14H18FN3O. The van der Waals surface area contributed by atoms with Gasteiger partial charge >= 0.3 is 0 Å². The van der Waals surface area contributed by atoms with Gasteiger partial charge in [-0.15, -0.1) is 0 Å². The minimum Gasteiger partial charge on any atom is -0.398 e. The summed E-state index contributed by atoms with van der Waals surface area (Å²) in [6, 6.07) is 4.09. The highest BCUT2D eigenvalue weighted by atomic mass is 19.1. The molecule has 3 fully saturated rings. The van der Waals surface area contributed by atoms with Crippen LogP contribution in [-0.2, 0) is 0 Å². The molecule has 0 aliphatic carbocycles. The SMILES string of the molecule is Nc1cc(F)ccc1C(=O)NC1CN2CCC1CC2. The molecule has 4 rings (SSSR count). The molecule has 2 bridgehead atoms. The second-order valence-corrected chi connectivity index (χ2v) is 5.45. The van der Waals surface area contributed by atoms with E-state index < -0.39 is 5.82 Å². The van der Waals surface area contributed by atoms with Gasteiger partial charge in [-0.05, 0) is 50.0 Å². The predicted octanol–water partition coefficient (Wildman–Crippen LogP) is 1.23. The van der Waals surface area contributed by atoms with Crippen molar-refractivity contribution in [2.24, 2.45) is 5.92 Å². The number of carbonyl (C=O) groups is 1. The van der Waals surface area contributed by atoms with Gasteiger partial charge in [-0.2, -0.15) is 0 Å². The molecule has 0 aromatic heterocycles. The Morgan fingerprint density at radius 2 is 2.11 bits per heavy atom. The second kappa shape index (κ2) is 4.81. The molecule has 3 saturated heterocycles. The van der Waals surface area contributed by atoms with Crippen molar-refractivity contribution in [1.82, 2.24) is 10.2 Å². The van der Waals surface area contributed by atoms with E-state index in [2.05, 4.69) is 10.2 Å². The van der Waals surface area contributed by atoms with Gasteiger partial charge in [-0.3, -0.25) is 4.79 Å². The highest BCUT2D eigenvalue weighted by Crippen LogP contribution is 2.27. The average Bonchev–Trinajstić information content (AvgIpc) is 2.39. The van der Waals surface area contributed by atoms with Gasteiger partial charge < -0.3 is 16.0 Å². The van der Waals surface area contributed by atoms with E-state index in [9.17, 15) is 9.18 Å². The van der Waals surface area contributed by atoms with E-state index in [1.807, 2.05) is 0 Å². The van der Waals surface area contributed by atoms with Crippen molar-refractivity contribution in [1.29, 1.82) is 0 Å². The number of anilines is 1. The number of hydrogen-bond acceptors (Lipinski definition) is 3. The Morgan fingerprint density at radius 1 is 1.37 bits per heavy atom. The van der Waals surface area contributed by atoms with Crippen LogP contribution in [0.2, 0.25) is 0 Å². The van der Waals surface area contributed by atoms with E-state index in [1.54, 1.807) is 0 Å². The number of hydrogen-bond donors (Lipinski definition) is 2. The molecule has 5 heteroatoms. The molecule has 3 heterocycles. The topological polar surface area (TPSA) is 58.4 Å². The Bertz CT molecular complexity index is 497. The van der Waals surface area contributed by atoms with Crippen molar-refractivity contribution < 1.29 is 9.18 Å². The van der Waals surface area contributed by atoms with Gasteiger partial charge in [0.15, 0.2) is 0 Å². The quantitative estimate of drug-likeness (QED) is 0.789. The lowest BCUT2D eigenvalue weighted by molar-refractivity contribution is 0.0621. The van der Waals surface area contributed by atoms with Gasteiger partial charge in [-0.1, -0.05) is 0 Å². The fourth-order valence-corrected chi connectivity index (χ4v) is 3.12. The summed E-state index contributed by atoms with van der Waals surface area (Å²) >= 11 is 0. The number of halogens is 1. The number of nitrogen functional groups attached to an aromatic ring is 1. The molecule has 4 nitrogen and oxygen atoms in total. The number of fused-ring (bicyclic) bond motifs is 3. The summed E-state index contributed by atoms with van der Waals surface area (Å²) in [6.07, 6.45) is 2.29. The lowest BCUT2D eigenvalue weighted by atomic mass is 9.84. The van der Waals surface area contributed by atoms with Crippen LogP contribution in [-0.4, -0.2) is 36.5 Å². The molecule has 1 amide bonds.